The predicted octanol–water partition coefficient (Wildman–Crippen LogP) is 1.66. The number of H-pyrrole nitrogens is 1. The average Bonchev–Trinajstić information content (AvgIpc) is 3.03. The molecule has 0 aromatic carbocycles. The summed E-state index contributed by atoms with van der Waals surface area (Å²) in [6.07, 6.45) is 0.990. The van der Waals surface area contributed by atoms with Gasteiger partial charge in [0.05, 0.1) is 5.69 Å². The Balaban J connectivity index is 1.83. The van der Waals surface area contributed by atoms with Gasteiger partial charge in [-0.3, -0.25) is 4.57 Å². The van der Waals surface area contributed by atoms with Crippen LogP contribution in [-0.4, -0.2) is 39.3 Å². The van der Waals surface area contributed by atoms with Crippen LogP contribution in [0, 0.1) is 12.8 Å². The van der Waals surface area contributed by atoms with Crippen molar-refractivity contribution in [2.45, 2.75) is 39.2 Å². The van der Waals surface area contributed by atoms with E-state index in [2.05, 4.69) is 14.9 Å². The third-order valence-electron chi connectivity index (χ3n) is 4.75. The van der Waals surface area contributed by atoms with Crippen LogP contribution in [-0.2, 0) is 11.8 Å². The summed E-state index contributed by atoms with van der Waals surface area (Å²) in [6, 6.07) is 2.01. The smallest absolute Gasteiger partial charge is 0.405 e. The van der Waals surface area contributed by atoms with Gasteiger partial charge in [-0.25, -0.2) is 14.6 Å². The molecule has 1 unspecified atom stereocenters. The number of hydrogen-bond acceptors (Lipinski definition) is 5. The molecule has 1 aliphatic rings. The van der Waals surface area contributed by atoms with Gasteiger partial charge in [-0.2, -0.15) is 0 Å². The summed E-state index contributed by atoms with van der Waals surface area (Å²) in [5, 5.41) is 0. The second-order valence-corrected chi connectivity index (χ2v) is 7.46. The van der Waals surface area contributed by atoms with Crippen LogP contribution in [0.5, 0.6) is 0 Å². The maximum absolute atomic E-state index is 12.0. The molecule has 3 heterocycles. The molecule has 8 heteroatoms. The lowest BCUT2D eigenvalue weighted by molar-refractivity contribution is 0.0286. The van der Waals surface area contributed by atoms with E-state index in [0.29, 0.717) is 11.6 Å². The summed E-state index contributed by atoms with van der Waals surface area (Å²) in [4.78, 5) is 32.6. The summed E-state index contributed by atoms with van der Waals surface area (Å²) in [5.41, 5.74) is 7.71. The van der Waals surface area contributed by atoms with E-state index in [1.54, 1.807) is 7.05 Å². The summed E-state index contributed by atoms with van der Waals surface area (Å²) < 4.78 is 6.74. The molecule has 0 aliphatic carbocycles. The number of nitrogens with zero attached hydrogens (tertiary/aromatic N) is 3. The van der Waals surface area contributed by atoms with Crippen molar-refractivity contribution in [2.24, 2.45) is 18.7 Å². The zero-order valence-electron chi connectivity index (χ0n) is 15.1. The predicted molar refractivity (Wildman–Crippen MR) is 95.8 cm³/mol. The molecule has 0 bridgehead atoms. The molecule has 1 amide bonds. The Labute approximate surface area is 146 Å². The van der Waals surface area contributed by atoms with E-state index in [0.717, 1.165) is 42.8 Å². The number of nitrogens with two attached hydrogens (primary N) is 1. The van der Waals surface area contributed by atoms with E-state index in [9.17, 15) is 9.59 Å². The van der Waals surface area contributed by atoms with E-state index in [1.807, 2.05) is 26.8 Å². The van der Waals surface area contributed by atoms with Crippen molar-refractivity contribution >= 4 is 22.9 Å². The number of amides is 1. The topological polar surface area (TPSA) is 106 Å². The Kier molecular flexibility index (Phi) is 4.22. The number of carbonyl (C=O) groups excluding carboxylic acids is 1. The Bertz CT molecular complexity index is 867. The number of carbonyl (C=O) groups is 1. The van der Waals surface area contributed by atoms with Crippen LogP contribution in [0.2, 0.25) is 0 Å². The summed E-state index contributed by atoms with van der Waals surface area (Å²) in [6.45, 7) is 7.40. The number of anilines is 1. The Morgan fingerprint density at radius 2 is 2.24 bits per heavy atom. The van der Waals surface area contributed by atoms with Crippen molar-refractivity contribution < 1.29 is 9.53 Å². The molecule has 25 heavy (non-hydrogen) atoms. The molecule has 1 fully saturated rings. The van der Waals surface area contributed by atoms with E-state index < -0.39 is 11.7 Å². The van der Waals surface area contributed by atoms with Crippen molar-refractivity contribution in [2.75, 3.05) is 18.0 Å². The second-order valence-electron chi connectivity index (χ2n) is 7.46. The second kappa shape index (κ2) is 6.09. The van der Waals surface area contributed by atoms with Gasteiger partial charge in [-0.15, -0.1) is 0 Å². The molecule has 3 rings (SSSR count). The molecular formula is C17H25N5O3. The normalized spacial score (nSPS) is 18.1. The van der Waals surface area contributed by atoms with Crippen molar-refractivity contribution in [1.82, 2.24) is 14.5 Å². The number of fused-ring (bicyclic) bond motifs is 1. The number of primary amides is 1. The summed E-state index contributed by atoms with van der Waals surface area (Å²) >= 11 is 0. The molecule has 1 atom stereocenters. The van der Waals surface area contributed by atoms with Crippen LogP contribution >= 0.6 is 0 Å². The minimum atomic E-state index is -0.742. The zero-order valence-corrected chi connectivity index (χ0v) is 15.1. The van der Waals surface area contributed by atoms with Crippen molar-refractivity contribution in [3.8, 4) is 0 Å². The Hall–Kier alpha value is -2.51. The van der Waals surface area contributed by atoms with E-state index >= 15 is 0 Å². The first kappa shape index (κ1) is 17.3. The number of rotatable bonds is 4. The standard InChI is InChI=1S/C17H25N5O3/c1-10-7-12(13-14(19-10)21(4)16(24)20-13)22-6-5-11(9-22)8-17(2,3)25-15(18)23/h7,11H,5-6,8-9H2,1-4H3,(H2,18,23)(H,20,24). The highest BCUT2D eigenvalue weighted by Crippen LogP contribution is 2.33. The van der Waals surface area contributed by atoms with Crippen LogP contribution in [0.4, 0.5) is 10.5 Å². The largest absolute Gasteiger partial charge is 0.444 e. The molecule has 2 aromatic rings. The van der Waals surface area contributed by atoms with Crippen LogP contribution in [0.25, 0.3) is 11.2 Å². The zero-order chi connectivity index (χ0) is 18.4. The van der Waals surface area contributed by atoms with Gasteiger partial charge >= 0.3 is 11.8 Å². The number of pyridine rings is 1. The van der Waals surface area contributed by atoms with Gasteiger partial charge in [0.1, 0.15) is 11.1 Å². The van der Waals surface area contributed by atoms with Crippen LogP contribution in [0.3, 0.4) is 0 Å². The molecule has 0 saturated carbocycles. The third kappa shape index (κ3) is 3.47. The highest BCUT2D eigenvalue weighted by Gasteiger charge is 2.32. The molecule has 2 aromatic heterocycles. The first-order valence-electron chi connectivity index (χ1n) is 8.46. The van der Waals surface area contributed by atoms with Gasteiger partial charge in [0.2, 0.25) is 0 Å². The number of nitrogens with one attached hydrogen (secondary N) is 1. The molecular weight excluding hydrogens is 322 g/mol. The van der Waals surface area contributed by atoms with E-state index in [1.165, 1.54) is 4.57 Å². The molecule has 136 valence electrons. The molecule has 3 N–H and O–H groups in total. The average molecular weight is 347 g/mol. The van der Waals surface area contributed by atoms with Gasteiger partial charge in [-0.1, -0.05) is 0 Å². The number of ether oxygens (including phenoxy) is 1. The van der Waals surface area contributed by atoms with Gasteiger partial charge in [0.25, 0.3) is 0 Å². The van der Waals surface area contributed by atoms with Gasteiger partial charge in [-0.05, 0) is 45.6 Å². The van der Waals surface area contributed by atoms with Crippen molar-refractivity contribution in [3.63, 3.8) is 0 Å². The lowest BCUT2D eigenvalue weighted by atomic mass is 9.93. The third-order valence-corrected chi connectivity index (χ3v) is 4.75. The monoisotopic (exact) mass is 347 g/mol. The Morgan fingerprint density at radius 1 is 1.52 bits per heavy atom. The lowest BCUT2D eigenvalue weighted by Crippen LogP contribution is -2.34. The number of hydrogen-bond donors (Lipinski definition) is 2. The van der Waals surface area contributed by atoms with E-state index in [4.69, 9.17) is 10.5 Å². The van der Waals surface area contributed by atoms with Crippen LogP contribution < -0.4 is 16.3 Å². The molecule has 1 saturated heterocycles. The first-order chi connectivity index (χ1) is 11.7. The number of imidazole rings is 1. The quantitative estimate of drug-likeness (QED) is 0.875. The van der Waals surface area contributed by atoms with Crippen molar-refractivity contribution in [1.29, 1.82) is 0 Å². The molecule has 1 aliphatic heterocycles. The lowest BCUT2D eigenvalue weighted by Gasteiger charge is -2.27. The van der Waals surface area contributed by atoms with Crippen LogP contribution in [0.1, 0.15) is 32.4 Å². The summed E-state index contributed by atoms with van der Waals surface area (Å²) in [7, 11) is 1.72. The SMILES string of the molecule is Cc1cc(N2CCC(CC(C)(C)OC(N)=O)C2)c2[nH]c(=O)n(C)c2n1. The molecule has 8 nitrogen and oxygen atoms in total. The first-order valence-corrected chi connectivity index (χ1v) is 8.46. The van der Waals surface area contributed by atoms with Crippen molar-refractivity contribution in [3.05, 3.63) is 22.2 Å². The highest BCUT2D eigenvalue weighted by atomic mass is 16.6. The fourth-order valence-electron chi connectivity index (χ4n) is 3.77. The fraction of sp³-hybridized carbons (Fsp3) is 0.588. The maximum Gasteiger partial charge on any atom is 0.405 e. The van der Waals surface area contributed by atoms with Gasteiger partial charge in [0, 0.05) is 25.8 Å². The number of aryl methyl sites for hydroxylation is 2. The minimum Gasteiger partial charge on any atom is -0.444 e. The fourth-order valence-corrected chi connectivity index (χ4v) is 3.77. The van der Waals surface area contributed by atoms with Gasteiger partial charge < -0.3 is 20.4 Å². The van der Waals surface area contributed by atoms with Gasteiger partial charge in [0.15, 0.2) is 5.65 Å². The molecule has 0 spiro atoms. The summed E-state index contributed by atoms with van der Waals surface area (Å²) in [5.74, 6) is 0.383. The van der Waals surface area contributed by atoms with E-state index in [-0.39, 0.29) is 5.69 Å². The Morgan fingerprint density at radius 3 is 2.92 bits per heavy atom. The minimum absolute atomic E-state index is 0.166. The number of aromatic nitrogens is 3. The molecule has 0 radical (unpaired) electrons. The number of aromatic amines is 1. The van der Waals surface area contributed by atoms with Crippen LogP contribution in [0.15, 0.2) is 10.9 Å². The highest BCUT2D eigenvalue weighted by molar-refractivity contribution is 5.86. The maximum atomic E-state index is 12.0.